The van der Waals surface area contributed by atoms with Crippen LogP contribution in [0.15, 0.2) is 48.1 Å². The number of nitrogens with zero attached hydrogens (tertiary/aromatic N) is 5. The van der Waals surface area contributed by atoms with Gasteiger partial charge in [-0.3, -0.25) is 14.3 Å². The van der Waals surface area contributed by atoms with E-state index in [1.54, 1.807) is 35.2 Å². The van der Waals surface area contributed by atoms with Gasteiger partial charge in [0.15, 0.2) is 5.16 Å². The number of aryl methyl sites for hydroxylation is 3. The highest BCUT2D eigenvalue weighted by Crippen LogP contribution is 2.15. The molecule has 0 aliphatic carbocycles. The Morgan fingerprint density at radius 1 is 1.28 bits per heavy atom. The topological polar surface area (TPSA) is 107 Å². The number of hydrogen-bond donors (Lipinski definition) is 2. The van der Waals surface area contributed by atoms with Crippen LogP contribution < -0.4 is 10.6 Å². The van der Waals surface area contributed by atoms with Crippen molar-refractivity contribution in [2.45, 2.75) is 25.0 Å². The Hall–Kier alpha value is -3.14. The van der Waals surface area contributed by atoms with Crippen LogP contribution in [0.3, 0.4) is 0 Å². The number of thioether (sulfide) groups is 1. The van der Waals surface area contributed by atoms with Crippen molar-refractivity contribution in [3.05, 3.63) is 54.1 Å². The van der Waals surface area contributed by atoms with Gasteiger partial charge in [-0.15, -0.1) is 10.2 Å². The number of anilines is 1. The molecule has 0 saturated carbocycles. The maximum atomic E-state index is 12.3. The molecule has 2 N–H and O–H groups in total. The molecule has 152 valence electrons. The Kier molecular flexibility index (Phi) is 7.01. The molecule has 1 aromatic carbocycles. The summed E-state index contributed by atoms with van der Waals surface area (Å²) in [6.07, 6.45) is 6.14. The highest BCUT2D eigenvalue weighted by Gasteiger charge is 2.10. The number of nitrogens with one attached hydrogen (secondary N) is 2. The van der Waals surface area contributed by atoms with Crippen LogP contribution in [0.4, 0.5) is 5.69 Å². The van der Waals surface area contributed by atoms with Crippen molar-refractivity contribution in [1.82, 2.24) is 29.9 Å². The van der Waals surface area contributed by atoms with Gasteiger partial charge in [0.25, 0.3) is 5.91 Å². The van der Waals surface area contributed by atoms with E-state index in [-0.39, 0.29) is 17.6 Å². The minimum atomic E-state index is -0.176. The largest absolute Gasteiger partial charge is 0.352 e. The van der Waals surface area contributed by atoms with Crippen molar-refractivity contribution in [2.24, 2.45) is 7.05 Å². The molecule has 0 saturated heterocycles. The van der Waals surface area contributed by atoms with Gasteiger partial charge in [-0.2, -0.15) is 5.10 Å². The summed E-state index contributed by atoms with van der Waals surface area (Å²) in [4.78, 5) is 24.5. The van der Waals surface area contributed by atoms with E-state index in [0.717, 1.165) is 18.5 Å². The number of aromatic nitrogens is 5. The van der Waals surface area contributed by atoms with Gasteiger partial charge in [0.1, 0.15) is 6.33 Å². The first-order chi connectivity index (χ1) is 14.0. The lowest BCUT2D eigenvalue weighted by atomic mass is 10.2. The Balaban J connectivity index is 1.44. The molecule has 0 aliphatic rings. The van der Waals surface area contributed by atoms with Crippen molar-refractivity contribution in [2.75, 3.05) is 17.6 Å². The number of benzene rings is 1. The van der Waals surface area contributed by atoms with E-state index in [0.29, 0.717) is 23.0 Å². The highest BCUT2D eigenvalue weighted by molar-refractivity contribution is 7.99. The van der Waals surface area contributed by atoms with E-state index in [4.69, 9.17) is 0 Å². The fourth-order valence-electron chi connectivity index (χ4n) is 2.60. The molecule has 3 aromatic rings. The van der Waals surface area contributed by atoms with Crippen LogP contribution >= 0.6 is 11.8 Å². The maximum Gasteiger partial charge on any atom is 0.251 e. The van der Waals surface area contributed by atoms with E-state index in [9.17, 15) is 9.59 Å². The number of carbonyl (C=O) groups excluding carboxylic acids is 2. The zero-order valence-corrected chi connectivity index (χ0v) is 17.1. The summed E-state index contributed by atoms with van der Waals surface area (Å²) in [5.41, 5.74) is 2.19. The van der Waals surface area contributed by atoms with E-state index >= 15 is 0 Å². The maximum absolute atomic E-state index is 12.3. The second-order valence-electron chi connectivity index (χ2n) is 6.53. The van der Waals surface area contributed by atoms with Crippen molar-refractivity contribution >= 4 is 29.3 Å². The quantitative estimate of drug-likeness (QED) is 0.410. The molecule has 0 spiro atoms. The normalized spacial score (nSPS) is 10.7. The van der Waals surface area contributed by atoms with Gasteiger partial charge in [-0.1, -0.05) is 17.8 Å². The second-order valence-corrected chi connectivity index (χ2v) is 7.47. The third kappa shape index (κ3) is 6.18. The fraction of sp³-hybridized carbons (Fsp3) is 0.316. The smallest absolute Gasteiger partial charge is 0.251 e. The first kappa shape index (κ1) is 20.6. The first-order valence-corrected chi connectivity index (χ1v) is 10.1. The van der Waals surface area contributed by atoms with Crippen molar-refractivity contribution in [1.29, 1.82) is 0 Å². The molecule has 0 unspecified atom stereocenters. The van der Waals surface area contributed by atoms with Crippen LogP contribution in [0.2, 0.25) is 0 Å². The summed E-state index contributed by atoms with van der Waals surface area (Å²) in [7, 11) is 1.82. The third-order valence-corrected chi connectivity index (χ3v) is 5.06. The SMILES string of the molecule is Cc1cnn(CCCNC(=O)c2cccc(NC(=O)CSc3nncn3C)c2)c1. The lowest BCUT2D eigenvalue weighted by Gasteiger charge is -2.08. The summed E-state index contributed by atoms with van der Waals surface area (Å²) in [5, 5.41) is 18.3. The minimum absolute atomic E-state index is 0.175. The Morgan fingerprint density at radius 2 is 2.14 bits per heavy atom. The summed E-state index contributed by atoms with van der Waals surface area (Å²) >= 11 is 1.30. The number of rotatable bonds is 9. The molecule has 2 amide bonds. The summed E-state index contributed by atoms with van der Waals surface area (Å²) in [6, 6.07) is 6.88. The standard InChI is InChI=1S/C19H23N7O2S/c1-14-10-22-26(11-14)8-4-7-20-18(28)15-5-3-6-16(9-15)23-17(27)12-29-19-24-21-13-25(19)2/h3,5-6,9-11,13H,4,7-8,12H2,1-2H3,(H,20,28)(H,23,27). The summed E-state index contributed by atoms with van der Waals surface area (Å²) in [6.45, 7) is 3.28. The van der Waals surface area contributed by atoms with Gasteiger partial charge in [-0.25, -0.2) is 0 Å². The molecule has 0 aliphatic heterocycles. The first-order valence-electron chi connectivity index (χ1n) is 9.15. The number of amides is 2. The van der Waals surface area contributed by atoms with Gasteiger partial charge < -0.3 is 15.2 Å². The van der Waals surface area contributed by atoms with Gasteiger partial charge in [0.05, 0.1) is 11.9 Å². The summed E-state index contributed by atoms with van der Waals surface area (Å²) < 4.78 is 3.60. The van der Waals surface area contributed by atoms with Crippen LogP contribution in [0, 0.1) is 6.92 Å². The Morgan fingerprint density at radius 3 is 2.86 bits per heavy atom. The van der Waals surface area contributed by atoms with Gasteiger partial charge in [-0.05, 0) is 37.1 Å². The molecule has 3 rings (SSSR count). The molecule has 10 heteroatoms. The van der Waals surface area contributed by atoms with Crippen LogP contribution in [0.25, 0.3) is 0 Å². The zero-order chi connectivity index (χ0) is 20.6. The van der Waals surface area contributed by atoms with Gasteiger partial charge >= 0.3 is 0 Å². The van der Waals surface area contributed by atoms with Crippen LogP contribution in [-0.4, -0.2) is 48.7 Å². The van der Waals surface area contributed by atoms with Crippen molar-refractivity contribution in [3.63, 3.8) is 0 Å². The average molecular weight is 414 g/mol. The molecule has 29 heavy (non-hydrogen) atoms. The predicted molar refractivity (Wildman–Crippen MR) is 111 cm³/mol. The fourth-order valence-corrected chi connectivity index (χ4v) is 3.29. The molecule has 2 heterocycles. The van der Waals surface area contributed by atoms with E-state index in [2.05, 4.69) is 25.9 Å². The van der Waals surface area contributed by atoms with E-state index in [1.807, 2.05) is 31.0 Å². The number of carbonyl (C=O) groups is 2. The molecule has 0 bridgehead atoms. The van der Waals surface area contributed by atoms with E-state index in [1.165, 1.54) is 11.8 Å². The molecule has 0 radical (unpaired) electrons. The monoisotopic (exact) mass is 413 g/mol. The Labute approximate surface area is 172 Å². The highest BCUT2D eigenvalue weighted by atomic mass is 32.2. The molecule has 0 fully saturated rings. The predicted octanol–water partition coefficient (Wildman–Crippen LogP) is 1.87. The lowest BCUT2D eigenvalue weighted by Crippen LogP contribution is -2.25. The molecule has 9 nitrogen and oxygen atoms in total. The zero-order valence-electron chi connectivity index (χ0n) is 16.3. The molecular formula is C19H23N7O2S. The van der Waals surface area contributed by atoms with Crippen LogP contribution in [0.1, 0.15) is 22.3 Å². The minimum Gasteiger partial charge on any atom is -0.352 e. The van der Waals surface area contributed by atoms with Crippen LogP contribution in [0.5, 0.6) is 0 Å². The summed E-state index contributed by atoms with van der Waals surface area (Å²) in [5.74, 6) is -0.146. The molecular weight excluding hydrogens is 390 g/mol. The molecule has 0 atom stereocenters. The molecule has 2 aromatic heterocycles. The number of hydrogen-bond acceptors (Lipinski definition) is 6. The van der Waals surface area contributed by atoms with Gasteiger partial charge in [0.2, 0.25) is 5.91 Å². The average Bonchev–Trinajstić information content (AvgIpc) is 3.31. The van der Waals surface area contributed by atoms with Crippen molar-refractivity contribution < 1.29 is 9.59 Å². The third-order valence-electron chi connectivity index (χ3n) is 4.02. The van der Waals surface area contributed by atoms with Crippen molar-refractivity contribution in [3.8, 4) is 0 Å². The lowest BCUT2D eigenvalue weighted by molar-refractivity contribution is -0.113. The van der Waals surface area contributed by atoms with Crippen LogP contribution in [-0.2, 0) is 18.4 Å². The second kappa shape index (κ2) is 9.87. The Bertz CT molecular complexity index is 982. The van der Waals surface area contributed by atoms with Gasteiger partial charge in [0, 0.05) is 37.6 Å². The van der Waals surface area contributed by atoms with E-state index < -0.39 is 0 Å².